The summed E-state index contributed by atoms with van der Waals surface area (Å²) in [5, 5.41) is 2.80. The van der Waals surface area contributed by atoms with Gasteiger partial charge in [-0.05, 0) is 49.4 Å². The minimum absolute atomic E-state index is 0.0108. The van der Waals surface area contributed by atoms with Crippen molar-refractivity contribution in [2.75, 3.05) is 11.4 Å². The summed E-state index contributed by atoms with van der Waals surface area (Å²) in [5.41, 5.74) is 3.01. The van der Waals surface area contributed by atoms with Gasteiger partial charge in [-0.1, -0.05) is 19.9 Å². The number of nitrogens with zero attached hydrogens (tertiary/aromatic N) is 1. The molecule has 1 N–H and O–H groups in total. The number of hydrogen-bond acceptors (Lipinski definition) is 2. The van der Waals surface area contributed by atoms with Crippen molar-refractivity contribution in [1.82, 2.24) is 5.32 Å². The third-order valence-corrected chi connectivity index (χ3v) is 3.43. The van der Waals surface area contributed by atoms with Crippen molar-refractivity contribution in [2.24, 2.45) is 5.92 Å². The maximum atomic E-state index is 12.5. The van der Waals surface area contributed by atoms with Gasteiger partial charge in [0, 0.05) is 5.69 Å². The average Bonchev–Trinajstić information content (AvgIpc) is 2.31. The standard InChI is InChI=1S/C16H22N2O2/c1-10(2)5-14-16(20)18(9-15(19)17-14)13-7-11(3)6-12(4)8-13/h6-8,10,14H,5,9H2,1-4H3,(H,17,19). The van der Waals surface area contributed by atoms with Crippen LogP contribution in [0.5, 0.6) is 0 Å². The second-order valence-corrected chi connectivity index (χ2v) is 6.02. The third-order valence-electron chi connectivity index (χ3n) is 3.43. The SMILES string of the molecule is Cc1cc(C)cc(N2CC(=O)NC(CC(C)C)C2=O)c1. The Morgan fingerprint density at radius 3 is 2.35 bits per heavy atom. The van der Waals surface area contributed by atoms with Crippen LogP contribution in [0.4, 0.5) is 5.69 Å². The molecule has 2 rings (SSSR count). The lowest BCUT2D eigenvalue weighted by molar-refractivity contribution is -0.131. The molecule has 1 aromatic rings. The summed E-state index contributed by atoms with van der Waals surface area (Å²) in [5.74, 6) is 0.265. The molecule has 1 aliphatic rings. The molecule has 4 heteroatoms. The lowest BCUT2D eigenvalue weighted by Crippen LogP contribution is -2.58. The lowest BCUT2D eigenvalue weighted by atomic mass is 10.00. The Balaban J connectivity index is 2.29. The van der Waals surface area contributed by atoms with Crippen molar-refractivity contribution in [1.29, 1.82) is 0 Å². The van der Waals surface area contributed by atoms with Crippen molar-refractivity contribution < 1.29 is 9.59 Å². The molecule has 1 saturated heterocycles. The van der Waals surface area contributed by atoms with E-state index in [1.165, 1.54) is 0 Å². The molecule has 1 aromatic carbocycles. The maximum absolute atomic E-state index is 12.5. The molecule has 1 fully saturated rings. The number of nitrogens with one attached hydrogen (secondary N) is 1. The van der Waals surface area contributed by atoms with Gasteiger partial charge in [0.05, 0.1) is 0 Å². The first kappa shape index (κ1) is 14.6. The van der Waals surface area contributed by atoms with Crippen LogP contribution in [0, 0.1) is 19.8 Å². The van der Waals surface area contributed by atoms with Gasteiger partial charge in [0.2, 0.25) is 11.8 Å². The van der Waals surface area contributed by atoms with E-state index in [9.17, 15) is 9.59 Å². The number of carbonyl (C=O) groups is 2. The van der Waals surface area contributed by atoms with E-state index in [1.54, 1.807) is 4.90 Å². The Kier molecular flexibility index (Phi) is 4.12. The van der Waals surface area contributed by atoms with Crippen molar-refractivity contribution >= 4 is 17.5 Å². The van der Waals surface area contributed by atoms with Gasteiger partial charge in [0.1, 0.15) is 12.6 Å². The molecule has 0 saturated carbocycles. The smallest absolute Gasteiger partial charge is 0.250 e. The normalized spacial score (nSPS) is 19.4. The maximum Gasteiger partial charge on any atom is 0.250 e. The van der Waals surface area contributed by atoms with Gasteiger partial charge in [0.15, 0.2) is 0 Å². The molecule has 2 amide bonds. The lowest BCUT2D eigenvalue weighted by Gasteiger charge is -2.33. The number of aryl methyl sites for hydroxylation is 2. The van der Waals surface area contributed by atoms with E-state index in [1.807, 2.05) is 26.0 Å². The van der Waals surface area contributed by atoms with Gasteiger partial charge >= 0.3 is 0 Å². The summed E-state index contributed by atoms with van der Waals surface area (Å²) in [6.07, 6.45) is 0.672. The van der Waals surface area contributed by atoms with Gasteiger partial charge in [0.25, 0.3) is 0 Å². The van der Waals surface area contributed by atoms with Crippen LogP contribution in [0.2, 0.25) is 0 Å². The number of amides is 2. The first-order chi connectivity index (χ1) is 9.36. The van der Waals surface area contributed by atoms with Gasteiger partial charge in [-0.15, -0.1) is 0 Å². The van der Waals surface area contributed by atoms with Crippen LogP contribution >= 0.6 is 0 Å². The number of hydrogen-bond donors (Lipinski definition) is 1. The number of carbonyl (C=O) groups excluding carboxylic acids is 2. The average molecular weight is 274 g/mol. The van der Waals surface area contributed by atoms with E-state index < -0.39 is 6.04 Å². The summed E-state index contributed by atoms with van der Waals surface area (Å²) < 4.78 is 0. The molecule has 0 aromatic heterocycles. The number of rotatable bonds is 3. The highest BCUT2D eigenvalue weighted by molar-refractivity contribution is 6.06. The fraction of sp³-hybridized carbons (Fsp3) is 0.500. The van der Waals surface area contributed by atoms with Crippen molar-refractivity contribution in [3.8, 4) is 0 Å². The highest BCUT2D eigenvalue weighted by atomic mass is 16.2. The molecule has 0 radical (unpaired) electrons. The predicted molar refractivity (Wildman–Crippen MR) is 79.7 cm³/mol. The molecule has 0 bridgehead atoms. The fourth-order valence-corrected chi connectivity index (χ4v) is 2.67. The molecule has 1 heterocycles. The molecule has 4 nitrogen and oxygen atoms in total. The number of piperazine rings is 1. The zero-order valence-electron chi connectivity index (χ0n) is 12.6. The minimum atomic E-state index is -0.405. The Morgan fingerprint density at radius 2 is 1.80 bits per heavy atom. The molecule has 0 spiro atoms. The second-order valence-electron chi connectivity index (χ2n) is 6.02. The Bertz CT molecular complexity index is 517. The van der Waals surface area contributed by atoms with Crippen LogP contribution < -0.4 is 10.2 Å². The van der Waals surface area contributed by atoms with Gasteiger partial charge < -0.3 is 10.2 Å². The Labute approximate surface area is 120 Å². The molecule has 1 atom stereocenters. The second kappa shape index (κ2) is 5.65. The third kappa shape index (κ3) is 3.18. The zero-order valence-corrected chi connectivity index (χ0v) is 12.6. The van der Waals surface area contributed by atoms with Crippen LogP contribution in [0.1, 0.15) is 31.4 Å². The van der Waals surface area contributed by atoms with Gasteiger partial charge in [-0.2, -0.15) is 0 Å². The van der Waals surface area contributed by atoms with Crippen molar-refractivity contribution in [3.63, 3.8) is 0 Å². The minimum Gasteiger partial charge on any atom is -0.343 e. The van der Waals surface area contributed by atoms with Crippen LogP contribution in [-0.4, -0.2) is 24.4 Å². The quantitative estimate of drug-likeness (QED) is 0.918. The van der Waals surface area contributed by atoms with E-state index in [4.69, 9.17) is 0 Å². The summed E-state index contributed by atoms with van der Waals surface area (Å²) >= 11 is 0. The van der Waals surface area contributed by atoms with E-state index >= 15 is 0 Å². The van der Waals surface area contributed by atoms with Crippen LogP contribution in [-0.2, 0) is 9.59 Å². The van der Waals surface area contributed by atoms with E-state index in [2.05, 4.69) is 25.2 Å². The van der Waals surface area contributed by atoms with Crippen molar-refractivity contribution in [3.05, 3.63) is 29.3 Å². The molecule has 108 valence electrons. The monoisotopic (exact) mass is 274 g/mol. The summed E-state index contributed by atoms with van der Waals surface area (Å²) in [7, 11) is 0. The first-order valence-electron chi connectivity index (χ1n) is 7.06. The van der Waals surface area contributed by atoms with Crippen LogP contribution in [0.25, 0.3) is 0 Å². The van der Waals surface area contributed by atoms with E-state index in [-0.39, 0.29) is 18.4 Å². The fourth-order valence-electron chi connectivity index (χ4n) is 2.67. The molecule has 1 aliphatic heterocycles. The van der Waals surface area contributed by atoms with E-state index in [0.717, 1.165) is 16.8 Å². The Hall–Kier alpha value is -1.84. The predicted octanol–water partition coefficient (Wildman–Crippen LogP) is 2.18. The largest absolute Gasteiger partial charge is 0.343 e. The highest BCUT2D eigenvalue weighted by Crippen LogP contribution is 2.22. The highest BCUT2D eigenvalue weighted by Gasteiger charge is 2.33. The molecule has 1 unspecified atom stereocenters. The Morgan fingerprint density at radius 1 is 1.20 bits per heavy atom. The van der Waals surface area contributed by atoms with Crippen LogP contribution in [0.15, 0.2) is 18.2 Å². The summed E-state index contributed by atoms with van der Waals surface area (Å²) in [6, 6.07) is 5.56. The topological polar surface area (TPSA) is 49.4 Å². The first-order valence-corrected chi connectivity index (χ1v) is 7.06. The summed E-state index contributed by atoms with van der Waals surface area (Å²) in [6.45, 7) is 8.20. The zero-order chi connectivity index (χ0) is 14.9. The van der Waals surface area contributed by atoms with E-state index in [0.29, 0.717) is 12.3 Å². The number of anilines is 1. The van der Waals surface area contributed by atoms with Gasteiger partial charge in [-0.25, -0.2) is 0 Å². The summed E-state index contributed by atoms with van der Waals surface area (Å²) in [4.78, 5) is 26.0. The molecular weight excluding hydrogens is 252 g/mol. The molecular formula is C16H22N2O2. The molecule has 20 heavy (non-hydrogen) atoms. The molecule has 0 aliphatic carbocycles. The number of benzene rings is 1. The van der Waals surface area contributed by atoms with Gasteiger partial charge in [-0.3, -0.25) is 9.59 Å². The van der Waals surface area contributed by atoms with Crippen molar-refractivity contribution in [2.45, 2.75) is 40.2 Å². The van der Waals surface area contributed by atoms with Crippen LogP contribution in [0.3, 0.4) is 0 Å².